The van der Waals surface area contributed by atoms with Crippen LogP contribution in [0, 0.1) is 0 Å². The van der Waals surface area contributed by atoms with Crippen LogP contribution in [0.2, 0.25) is 0 Å². The third-order valence-corrected chi connectivity index (χ3v) is 7.35. The normalized spacial score (nSPS) is 16.0. The Morgan fingerprint density at radius 2 is 1.57 bits per heavy atom. The summed E-state index contributed by atoms with van der Waals surface area (Å²) in [6, 6.07) is 22.5. The molecule has 0 N–H and O–H groups in total. The number of piperidine rings is 1. The van der Waals surface area contributed by atoms with Gasteiger partial charge in [0.1, 0.15) is 23.8 Å². The first-order chi connectivity index (χ1) is 18.3. The summed E-state index contributed by atoms with van der Waals surface area (Å²) in [6.45, 7) is 3.74. The molecule has 4 aromatic rings. The molecule has 6 rings (SSSR count). The Morgan fingerprint density at radius 3 is 2.35 bits per heavy atom. The van der Waals surface area contributed by atoms with E-state index in [-0.39, 0.29) is 0 Å². The molecule has 2 heterocycles. The fraction of sp³-hybridized carbons (Fsp3) is 0.290. The van der Waals surface area contributed by atoms with Gasteiger partial charge in [-0.3, -0.25) is 4.90 Å². The molecule has 0 amide bonds. The van der Waals surface area contributed by atoms with Crippen molar-refractivity contribution in [3.63, 3.8) is 0 Å². The number of hydrogen-bond donors (Lipinski definition) is 0. The number of para-hydroxylation sites is 1. The number of likely N-dealkylation sites (tertiary alicyclic amines) is 1. The van der Waals surface area contributed by atoms with Gasteiger partial charge >= 0.3 is 0 Å². The summed E-state index contributed by atoms with van der Waals surface area (Å²) in [5.41, 5.74) is 7.90. The molecular weight excluding hydrogens is 462 g/mol. The number of aromatic nitrogens is 1. The van der Waals surface area contributed by atoms with E-state index >= 15 is 0 Å². The molecule has 1 saturated heterocycles. The van der Waals surface area contributed by atoms with Gasteiger partial charge in [0.15, 0.2) is 0 Å². The molecule has 0 bridgehead atoms. The third kappa shape index (κ3) is 4.42. The number of benzene rings is 3. The predicted molar refractivity (Wildman–Crippen MR) is 148 cm³/mol. The summed E-state index contributed by atoms with van der Waals surface area (Å²) in [4.78, 5) is 13.6. The van der Waals surface area contributed by atoms with Crippen LogP contribution in [0.25, 0.3) is 33.3 Å². The Hall–Kier alpha value is -3.90. The number of methoxy groups -OCH3 is 2. The molecule has 6 nitrogen and oxygen atoms in total. The van der Waals surface area contributed by atoms with Crippen LogP contribution < -0.4 is 9.47 Å². The summed E-state index contributed by atoms with van der Waals surface area (Å²) in [7, 11) is 3.37. The van der Waals surface area contributed by atoms with Crippen LogP contribution in [-0.4, -0.2) is 56.1 Å². The topological polar surface area (TPSA) is 56.2 Å². The second-order valence-electron chi connectivity index (χ2n) is 9.54. The van der Waals surface area contributed by atoms with Crippen LogP contribution in [-0.2, 0) is 4.84 Å². The largest absolute Gasteiger partial charge is 0.497 e. The number of hydrogen-bond acceptors (Lipinski definition) is 6. The zero-order valence-electron chi connectivity index (χ0n) is 21.4. The van der Waals surface area contributed by atoms with Gasteiger partial charge in [-0.25, -0.2) is 4.98 Å². The zero-order chi connectivity index (χ0) is 25.2. The van der Waals surface area contributed by atoms with E-state index in [1.165, 1.54) is 19.3 Å². The van der Waals surface area contributed by atoms with Crippen molar-refractivity contribution in [2.24, 2.45) is 5.16 Å². The Balaban J connectivity index is 1.48. The van der Waals surface area contributed by atoms with Crippen LogP contribution in [0.1, 0.15) is 30.4 Å². The fourth-order valence-corrected chi connectivity index (χ4v) is 5.43. The summed E-state index contributed by atoms with van der Waals surface area (Å²) < 4.78 is 11.0. The van der Waals surface area contributed by atoms with Gasteiger partial charge in [0.05, 0.1) is 25.4 Å². The van der Waals surface area contributed by atoms with Gasteiger partial charge in [0.2, 0.25) is 0 Å². The minimum Gasteiger partial charge on any atom is -0.497 e. The minimum atomic E-state index is 0.562. The van der Waals surface area contributed by atoms with Gasteiger partial charge in [-0.05, 0) is 80.0 Å². The van der Waals surface area contributed by atoms with E-state index in [0.29, 0.717) is 6.61 Å². The van der Waals surface area contributed by atoms with Crippen molar-refractivity contribution in [3.05, 3.63) is 77.9 Å². The monoisotopic (exact) mass is 493 g/mol. The first-order valence-electron chi connectivity index (χ1n) is 13.0. The molecule has 2 aliphatic rings. The maximum Gasteiger partial charge on any atom is 0.129 e. The first kappa shape index (κ1) is 23.5. The highest BCUT2D eigenvalue weighted by atomic mass is 16.6. The standard InChI is InChI=1S/C31H31N3O3/c1-35-22-12-10-21(11-13-22)30-28-24-15-14-23(36-2)20-26(24)31(29(28)25-8-4-5-9-27(25)32-30)33-37-19-18-34-16-6-3-7-17-34/h4-5,8-15,20H,3,6-7,16-19H2,1-2H3/b33-31+. The minimum absolute atomic E-state index is 0.562. The second kappa shape index (κ2) is 10.2. The van der Waals surface area contributed by atoms with Gasteiger partial charge in [-0.1, -0.05) is 29.8 Å². The summed E-state index contributed by atoms with van der Waals surface area (Å²) in [5.74, 6) is 1.60. The van der Waals surface area contributed by atoms with Gasteiger partial charge in [0.25, 0.3) is 0 Å². The van der Waals surface area contributed by atoms with Crippen molar-refractivity contribution in [3.8, 4) is 33.9 Å². The van der Waals surface area contributed by atoms with E-state index in [0.717, 1.165) is 81.3 Å². The Bertz CT molecular complexity index is 1460. The Morgan fingerprint density at radius 1 is 0.811 bits per heavy atom. The lowest BCUT2D eigenvalue weighted by Crippen LogP contribution is -2.32. The maximum atomic E-state index is 6.00. The highest BCUT2D eigenvalue weighted by Gasteiger charge is 2.32. The van der Waals surface area contributed by atoms with E-state index in [9.17, 15) is 0 Å². The van der Waals surface area contributed by atoms with Gasteiger partial charge < -0.3 is 14.3 Å². The lowest BCUT2D eigenvalue weighted by Gasteiger charge is -2.25. The molecule has 0 spiro atoms. The van der Waals surface area contributed by atoms with Crippen molar-refractivity contribution in [2.75, 3.05) is 40.5 Å². The highest BCUT2D eigenvalue weighted by Crippen LogP contribution is 2.46. The number of ether oxygens (including phenoxy) is 2. The van der Waals surface area contributed by atoms with Crippen molar-refractivity contribution in [1.82, 2.24) is 9.88 Å². The van der Waals surface area contributed by atoms with Crippen LogP contribution >= 0.6 is 0 Å². The SMILES string of the molecule is COc1ccc(-c2nc3ccccc3c3c2-c2ccc(OC)cc2/C3=N\OCCN2CCCCC2)cc1. The molecule has 0 saturated carbocycles. The highest BCUT2D eigenvalue weighted by molar-refractivity contribution is 6.31. The second-order valence-corrected chi connectivity index (χ2v) is 9.54. The van der Waals surface area contributed by atoms with Crippen molar-refractivity contribution in [2.45, 2.75) is 19.3 Å². The number of rotatable bonds is 7. The molecule has 3 aromatic carbocycles. The summed E-state index contributed by atoms with van der Waals surface area (Å²) >= 11 is 0. The van der Waals surface area contributed by atoms with Crippen LogP contribution in [0.5, 0.6) is 11.5 Å². The van der Waals surface area contributed by atoms with Crippen LogP contribution in [0.3, 0.4) is 0 Å². The third-order valence-electron chi connectivity index (χ3n) is 7.35. The molecule has 1 aliphatic carbocycles. The molecule has 0 atom stereocenters. The van der Waals surface area contributed by atoms with Crippen LogP contribution in [0.4, 0.5) is 0 Å². The maximum absolute atomic E-state index is 6.00. The van der Waals surface area contributed by atoms with E-state index in [1.807, 2.05) is 24.3 Å². The van der Waals surface area contributed by atoms with E-state index < -0.39 is 0 Å². The van der Waals surface area contributed by atoms with E-state index in [2.05, 4.69) is 47.4 Å². The number of fused-ring (bicyclic) bond motifs is 5. The van der Waals surface area contributed by atoms with E-state index in [4.69, 9.17) is 24.5 Å². The lowest BCUT2D eigenvalue weighted by atomic mass is 9.96. The molecule has 1 aromatic heterocycles. The average Bonchev–Trinajstić information content (AvgIpc) is 3.29. The van der Waals surface area contributed by atoms with E-state index in [1.54, 1.807) is 14.2 Å². The molecule has 0 unspecified atom stereocenters. The van der Waals surface area contributed by atoms with Crippen molar-refractivity contribution in [1.29, 1.82) is 0 Å². The lowest BCUT2D eigenvalue weighted by molar-refractivity contribution is 0.103. The quantitative estimate of drug-likeness (QED) is 0.201. The molecule has 188 valence electrons. The van der Waals surface area contributed by atoms with Crippen molar-refractivity contribution >= 4 is 16.6 Å². The summed E-state index contributed by atoms with van der Waals surface area (Å²) in [6.07, 6.45) is 3.86. The molecule has 1 aliphatic heterocycles. The molecule has 1 fully saturated rings. The number of nitrogens with zero attached hydrogens (tertiary/aromatic N) is 3. The fourth-order valence-electron chi connectivity index (χ4n) is 5.43. The molecule has 0 radical (unpaired) electrons. The van der Waals surface area contributed by atoms with Gasteiger partial charge in [-0.15, -0.1) is 0 Å². The Kier molecular flexibility index (Phi) is 6.49. The molecular formula is C31H31N3O3. The average molecular weight is 494 g/mol. The molecule has 37 heavy (non-hydrogen) atoms. The number of pyridine rings is 1. The number of oxime groups is 1. The van der Waals surface area contributed by atoms with Gasteiger partial charge in [-0.2, -0.15) is 0 Å². The molecule has 6 heteroatoms. The van der Waals surface area contributed by atoms with Crippen LogP contribution in [0.15, 0.2) is 71.9 Å². The first-order valence-corrected chi connectivity index (χ1v) is 13.0. The summed E-state index contributed by atoms with van der Waals surface area (Å²) in [5, 5.41) is 5.82. The zero-order valence-corrected chi connectivity index (χ0v) is 21.4. The Labute approximate surface area is 217 Å². The van der Waals surface area contributed by atoms with Gasteiger partial charge in [0, 0.05) is 34.2 Å². The predicted octanol–water partition coefficient (Wildman–Crippen LogP) is 6.15. The van der Waals surface area contributed by atoms with Crippen molar-refractivity contribution < 1.29 is 14.3 Å². The smallest absolute Gasteiger partial charge is 0.129 e.